The molecule has 1 heterocycles. The van der Waals surface area contributed by atoms with Crippen LogP contribution in [0.5, 0.6) is 0 Å². The Morgan fingerprint density at radius 2 is 1.71 bits per heavy atom. The molecule has 0 bridgehead atoms. The van der Waals surface area contributed by atoms with Crippen LogP contribution in [0.4, 0.5) is 16.2 Å². The third-order valence-corrected chi connectivity index (χ3v) is 5.44. The average Bonchev–Trinajstić information content (AvgIpc) is 2.52. The number of nitrogens with one attached hydrogen (secondary N) is 1. The Balaban J connectivity index is 1.90. The topological polar surface area (TPSA) is 69.7 Å². The number of sulfonamides is 1. The summed E-state index contributed by atoms with van der Waals surface area (Å²) < 4.78 is 27.5. The van der Waals surface area contributed by atoms with Crippen LogP contribution in [0.25, 0.3) is 0 Å². The van der Waals surface area contributed by atoms with E-state index in [-0.39, 0.29) is 10.9 Å². The number of nitrogens with zero attached hydrogens (tertiary/aromatic N) is 2. The Morgan fingerprint density at radius 3 is 2.38 bits per heavy atom. The number of rotatable bonds is 3. The van der Waals surface area contributed by atoms with Gasteiger partial charge in [0.25, 0.3) is 10.0 Å². The molecule has 1 N–H and O–H groups in total. The SMILES string of the molecule is Cc1ccc(S(=O)(=O)Nc2ccc3c(c2)CN(C)C(=O)N3C)cc1. The molecule has 0 spiro atoms. The summed E-state index contributed by atoms with van der Waals surface area (Å²) in [6, 6.07) is 11.8. The Hall–Kier alpha value is -2.54. The van der Waals surface area contributed by atoms with E-state index in [1.54, 1.807) is 66.4 Å². The third kappa shape index (κ3) is 2.94. The maximum atomic E-state index is 12.5. The maximum Gasteiger partial charge on any atom is 0.324 e. The molecule has 126 valence electrons. The van der Waals surface area contributed by atoms with Crippen LogP contribution < -0.4 is 9.62 Å². The summed E-state index contributed by atoms with van der Waals surface area (Å²) in [4.78, 5) is 15.3. The zero-order valence-electron chi connectivity index (χ0n) is 13.8. The van der Waals surface area contributed by atoms with Crippen molar-refractivity contribution in [1.82, 2.24) is 4.90 Å². The number of hydrogen-bond acceptors (Lipinski definition) is 3. The van der Waals surface area contributed by atoms with E-state index >= 15 is 0 Å². The first kappa shape index (κ1) is 16.3. The summed E-state index contributed by atoms with van der Waals surface area (Å²) in [5.41, 5.74) is 3.16. The van der Waals surface area contributed by atoms with Crippen molar-refractivity contribution in [3.63, 3.8) is 0 Å². The fourth-order valence-corrected chi connectivity index (χ4v) is 3.77. The molecule has 2 aromatic rings. The van der Waals surface area contributed by atoms with E-state index in [2.05, 4.69) is 4.72 Å². The molecule has 7 heteroatoms. The molecule has 0 saturated carbocycles. The van der Waals surface area contributed by atoms with Gasteiger partial charge in [-0.1, -0.05) is 17.7 Å². The van der Waals surface area contributed by atoms with Gasteiger partial charge in [0.15, 0.2) is 0 Å². The van der Waals surface area contributed by atoms with Gasteiger partial charge >= 0.3 is 6.03 Å². The third-order valence-electron chi connectivity index (χ3n) is 4.05. The van der Waals surface area contributed by atoms with Crippen LogP contribution in [0.3, 0.4) is 0 Å². The van der Waals surface area contributed by atoms with Crippen molar-refractivity contribution in [2.75, 3.05) is 23.7 Å². The summed E-state index contributed by atoms with van der Waals surface area (Å²) in [5, 5.41) is 0. The predicted octanol–water partition coefficient (Wildman–Crippen LogP) is 2.80. The van der Waals surface area contributed by atoms with Crippen molar-refractivity contribution < 1.29 is 13.2 Å². The van der Waals surface area contributed by atoms with Gasteiger partial charge < -0.3 is 4.90 Å². The summed E-state index contributed by atoms with van der Waals surface area (Å²) in [5.74, 6) is 0. The summed E-state index contributed by atoms with van der Waals surface area (Å²) in [7, 11) is -0.224. The van der Waals surface area contributed by atoms with Crippen molar-refractivity contribution in [2.45, 2.75) is 18.4 Å². The van der Waals surface area contributed by atoms with Crippen molar-refractivity contribution in [1.29, 1.82) is 0 Å². The second-order valence-electron chi connectivity index (χ2n) is 5.96. The normalized spacial score (nSPS) is 14.5. The highest BCUT2D eigenvalue weighted by atomic mass is 32.2. The maximum absolute atomic E-state index is 12.5. The molecule has 6 nitrogen and oxygen atoms in total. The summed E-state index contributed by atoms with van der Waals surface area (Å²) in [6.07, 6.45) is 0. The Kier molecular flexibility index (Phi) is 3.96. The molecular formula is C17H19N3O3S. The zero-order valence-corrected chi connectivity index (χ0v) is 14.6. The molecule has 0 saturated heterocycles. The average molecular weight is 345 g/mol. The van der Waals surface area contributed by atoms with Gasteiger partial charge in [-0.25, -0.2) is 13.2 Å². The van der Waals surface area contributed by atoms with E-state index in [0.717, 1.165) is 16.8 Å². The van der Waals surface area contributed by atoms with E-state index in [1.807, 2.05) is 6.92 Å². The number of fused-ring (bicyclic) bond motifs is 1. The molecule has 0 atom stereocenters. The van der Waals surface area contributed by atoms with Crippen LogP contribution in [0.2, 0.25) is 0 Å². The Bertz CT molecular complexity index is 892. The number of aryl methyl sites for hydroxylation is 1. The Morgan fingerprint density at radius 1 is 1.04 bits per heavy atom. The lowest BCUT2D eigenvalue weighted by atomic mass is 10.1. The number of amides is 2. The van der Waals surface area contributed by atoms with Crippen molar-refractivity contribution in [3.8, 4) is 0 Å². The fraction of sp³-hybridized carbons (Fsp3) is 0.235. The minimum Gasteiger partial charge on any atom is -0.323 e. The number of carbonyl (C=O) groups is 1. The number of hydrogen-bond donors (Lipinski definition) is 1. The van der Waals surface area contributed by atoms with Gasteiger partial charge in [-0.3, -0.25) is 9.62 Å². The lowest BCUT2D eigenvalue weighted by Gasteiger charge is -2.32. The number of benzene rings is 2. The van der Waals surface area contributed by atoms with Gasteiger partial charge in [0, 0.05) is 26.3 Å². The van der Waals surface area contributed by atoms with E-state index in [0.29, 0.717) is 12.2 Å². The molecule has 2 aromatic carbocycles. The molecule has 0 aliphatic carbocycles. The quantitative estimate of drug-likeness (QED) is 0.930. The first-order chi connectivity index (χ1) is 11.3. The highest BCUT2D eigenvalue weighted by Crippen LogP contribution is 2.30. The minimum atomic E-state index is -3.64. The summed E-state index contributed by atoms with van der Waals surface area (Å²) in [6.45, 7) is 2.35. The van der Waals surface area contributed by atoms with Crippen LogP contribution in [0, 0.1) is 6.92 Å². The van der Waals surface area contributed by atoms with Gasteiger partial charge in [-0.2, -0.15) is 0 Å². The molecular weight excluding hydrogens is 326 g/mol. The van der Waals surface area contributed by atoms with Gasteiger partial charge in [-0.15, -0.1) is 0 Å². The van der Waals surface area contributed by atoms with Gasteiger partial charge in [-0.05, 0) is 42.8 Å². The predicted molar refractivity (Wildman–Crippen MR) is 93.7 cm³/mol. The van der Waals surface area contributed by atoms with Crippen LogP contribution in [0.1, 0.15) is 11.1 Å². The van der Waals surface area contributed by atoms with E-state index in [1.165, 1.54) is 0 Å². The van der Waals surface area contributed by atoms with Gasteiger partial charge in [0.2, 0.25) is 0 Å². The van der Waals surface area contributed by atoms with Crippen molar-refractivity contribution in [2.24, 2.45) is 0 Å². The van der Waals surface area contributed by atoms with Gasteiger partial charge in [0.05, 0.1) is 10.6 Å². The van der Waals surface area contributed by atoms with Crippen LogP contribution in [-0.4, -0.2) is 33.4 Å². The zero-order chi connectivity index (χ0) is 17.5. The molecule has 2 amide bonds. The number of urea groups is 1. The molecule has 0 radical (unpaired) electrons. The van der Waals surface area contributed by atoms with E-state index < -0.39 is 10.0 Å². The molecule has 3 rings (SSSR count). The molecule has 0 unspecified atom stereocenters. The Labute approximate surface area is 141 Å². The molecule has 1 aliphatic rings. The summed E-state index contributed by atoms with van der Waals surface area (Å²) >= 11 is 0. The van der Waals surface area contributed by atoms with Crippen molar-refractivity contribution in [3.05, 3.63) is 53.6 Å². The van der Waals surface area contributed by atoms with Gasteiger partial charge in [0.1, 0.15) is 0 Å². The highest BCUT2D eigenvalue weighted by Gasteiger charge is 2.25. The molecule has 0 aromatic heterocycles. The first-order valence-electron chi connectivity index (χ1n) is 7.49. The number of anilines is 2. The van der Waals surface area contributed by atoms with E-state index in [9.17, 15) is 13.2 Å². The largest absolute Gasteiger partial charge is 0.324 e. The lowest BCUT2D eigenvalue weighted by Crippen LogP contribution is -2.42. The van der Waals surface area contributed by atoms with Crippen LogP contribution >= 0.6 is 0 Å². The molecule has 1 aliphatic heterocycles. The van der Waals surface area contributed by atoms with Crippen LogP contribution in [0.15, 0.2) is 47.4 Å². The standard InChI is InChI=1S/C17H19N3O3S/c1-12-4-7-15(8-5-12)24(22,23)18-14-6-9-16-13(10-14)11-19(2)17(21)20(16)3/h4-10,18H,11H2,1-3H3. The second-order valence-corrected chi connectivity index (χ2v) is 7.64. The number of carbonyl (C=O) groups excluding carboxylic acids is 1. The monoisotopic (exact) mass is 345 g/mol. The van der Waals surface area contributed by atoms with Crippen LogP contribution in [-0.2, 0) is 16.6 Å². The highest BCUT2D eigenvalue weighted by molar-refractivity contribution is 7.92. The molecule has 24 heavy (non-hydrogen) atoms. The molecule has 0 fully saturated rings. The second kappa shape index (κ2) is 5.83. The lowest BCUT2D eigenvalue weighted by molar-refractivity contribution is 0.212. The fourth-order valence-electron chi connectivity index (χ4n) is 2.72. The minimum absolute atomic E-state index is 0.0875. The van der Waals surface area contributed by atoms with Crippen molar-refractivity contribution >= 4 is 27.4 Å². The smallest absolute Gasteiger partial charge is 0.323 e. The van der Waals surface area contributed by atoms with E-state index in [4.69, 9.17) is 0 Å². The first-order valence-corrected chi connectivity index (χ1v) is 8.97.